The fourth-order valence-corrected chi connectivity index (χ4v) is 0.995. The quantitative estimate of drug-likeness (QED) is 0.596. The molecule has 0 radical (unpaired) electrons. The molecule has 0 aliphatic carbocycles. The first-order valence-electron chi connectivity index (χ1n) is 3.50. The van der Waals surface area contributed by atoms with Crippen molar-refractivity contribution < 1.29 is 4.74 Å². The molecule has 0 N–H and O–H groups in total. The van der Waals surface area contributed by atoms with Crippen LogP contribution in [0.15, 0.2) is 18.1 Å². The van der Waals surface area contributed by atoms with E-state index in [1.165, 1.54) is 5.46 Å². The van der Waals surface area contributed by atoms with E-state index in [2.05, 4.69) is 13.8 Å². The van der Waals surface area contributed by atoms with Crippen molar-refractivity contribution >= 4 is 6.91 Å². The van der Waals surface area contributed by atoms with Crippen LogP contribution < -0.4 is 4.74 Å². The van der Waals surface area contributed by atoms with Crippen LogP contribution >= 0.6 is 0 Å². The van der Waals surface area contributed by atoms with Crippen LogP contribution in [-0.2, 0) is 6.42 Å². The molecule has 0 aromatic carbocycles. The minimum absolute atomic E-state index is 0.991. The van der Waals surface area contributed by atoms with Crippen molar-refractivity contribution in [3.05, 3.63) is 23.6 Å². The van der Waals surface area contributed by atoms with Crippen LogP contribution in [0.4, 0.5) is 0 Å². The molecule has 52 valence electrons. The van der Waals surface area contributed by atoms with E-state index in [0.29, 0.717) is 0 Å². The van der Waals surface area contributed by atoms with Crippen LogP contribution in [0.1, 0.15) is 12.4 Å². The first-order valence-corrected chi connectivity index (χ1v) is 3.50. The van der Waals surface area contributed by atoms with Gasteiger partial charge in [0.1, 0.15) is 0 Å². The van der Waals surface area contributed by atoms with Crippen molar-refractivity contribution in [2.24, 2.45) is 0 Å². The molecule has 10 heavy (non-hydrogen) atoms. The summed E-state index contributed by atoms with van der Waals surface area (Å²) in [7, 11) is 1.70. The van der Waals surface area contributed by atoms with Gasteiger partial charge in [0.15, 0.2) is 0 Å². The Bertz CT molecular complexity index is 187. The fraction of sp³-hybridized carbons (Fsp3) is 0.375. The van der Waals surface area contributed by atoms with Crippen molar-refractivity contribution in [3.63, 3.8) is 0 Å². The summed E-state index contributed by atoms with van der Waals surface area (Å²) in [6.07, 6.45) is 1.03. The Balaban J connectivity index is 2.96. The molecule has 0 saturated heterocycles. The number of hydrogen-bond acceptors (Lipinski definition) is 1. The van der Waals surface area contributed by atoms with Crippen molar-refractivity contribution in [1.82, 2.24) is 0 Å². The third-order valence-corrected chi connectivity index (χ3v) is 1.57. The van der Waals surface area contributed by atoms with Crippen molar-refractivity contribution in [1.29, 1.82) is 0 Å². The van der Waals surface area contributed by atoms with Gasteiger partial charge in [-0.15, -0.1) is 0 Å². The SMILES string of the molecule is CCc1bcccc1OC. The molecule has 0 bridgehead atoms. The second kappa shape index (κ2) is 3.40. The van der Waals surface area contributed by atoms with Gasteiger partial charge in [0.25, 0.3) is 0 Å². The van der Waals surface area contributed by atoms with Crippen LogP contribution in [0.5, 0.6) is 5.75 Å². The Morgan fingerprint density at radius 3 is 2.90 bits per heavy atom. The summed E-state index contributed by atoms with van der Waals surface area (Å²) < 4.78 is 5.14. The van der Waals surface area contributed by atoms with E-state index >= 15 is 0 Å². The summed E-state index contributed by atoms with van der Waals surface area (Å²) in [6.45, 7) is 4.21. The Kier molecular flexibility index (Phi) is 2.49. The van der Waals surface area contributed by atoms with E-state index in [1.54, 1.807) is 7.11 Å². The first kappa shape index (κ1) is 7.32. The zero-order valence-corrected chi connectivity index (χ0v) is 6.42. The molecule has 1 aromatic heterocycles. The molecule has 0 saturated carbocycles. The Hall–Kier alpha value is -0.785. The van der Waals surface area contributed by atoms with Gasteiger partial charge in [-0.1, -0.05) is 0 Å². The Morgan fingerprint density at radius 2 is 2.40 bits per heavy atom. The van der Waals surface area contributed by atoms with Gasteiger partial charge in [0, 0.05) is 0 Å². The number of methoxy groups -OCH3 is 1. The first-order chi connectivity index (χ1) is 4.88. The maximum absolute atomic E-state index is 5.14. The molecular formula is C8H11BO. The van der Waals surface area contributed by atoms with E-state index in [9.17, 15) is 0 Å². The predicted molar refractivity (Wildman–Crippen MR) is 43.7 cm³/mol. The monoisotopic (exact) mass is 134 g/mol. The van der Waals surface area contributed by atoms with Crippen molar-refractivity contribution in [3.8, 4) is 5.75 Å². The van der Waals surface area contributed by atoms with Crippen molar-refractivity contribution in [2.45, 2.75) is 13.3 Å². The molecule has 0 aliphatic rings. The minimum atomic E-state index is 0.991. The summed E-state index contributed by atoms with van der Waals surface area (Å²) >= 11 is 0. The molecule has 1 aromatic rings. The molecule has 0 unspecified atom stereocenters. The topological polar surface area (TPSA) is 9.23 Å². The number of hydrogen-bond donors (Lipinski definition) is 0. The third kappa shape index (κ3) is 1.38. The van der Waals surface area contributed by atoms with Crippen LogP contribution in [0.2, 0.25) is 0 Å². The molecule has 1 nitrogen and oxygen atoms in total. The van der Waals surface area contributed by atoms with E-state index in [4.69, 9.17) is 4.74 Å². The number of aryl methyl sites for hydroxylation is 1. The zero-order chi connectivity index (χ0) is 7.40. The van der Waals surface area contributed by atoms with Crippen LogP contribution in [0.3, 0.4) is 0 Å². The second-order valence-corrected chi connectivity index (χ2v) is 2.17. The van der Waals surface area contributed by atoms with Gasteiger partial charge in [0.2, 0.25) is 0 Å². The second-order valence-electron chi connectivity index (χ2n) is 2.17. The van der Waals surface area contributed by atoms with E-state index in [1.807, 2.05) is 18.1 Å². The number of rotatable bonds is 2. The molecule has 0 fully saturated rings. The third-order valence-electron chi connectivity index (χ3n) is 1.57. The van der Waals surface area contributed by atoms with Crippen LogP contribution in [0.25, 0.3) is 0 Å². The summed E-state index contributed by atoms with van der Waals surface area (Å²) in [4.78, 5) is 0. The fourth-order valence-electron chi connectivity index (χ4n) is 0.995. The molecule has 1 heterocycles. The van der Waals surface area contributed by atoms with E-state index < -0.39 is 0 Å². The molecular weight excluding hydrogens is 123 g/mol. The van der Waals surface area contributed by atoms with Gasteiger partial charge in [0.05, 0.1) is 0 Å². The molecule has 1 rings (SSSR count). The summed E-state index contributed by atoms with van der Waals surface area (Å²) in [5, 5.41) is 0. The van der Waals surface area contributed by atoms with Gasteiger partial charge < -0.3 is 0 Å². The number of ether oxygens (including phenoxy) is 1. The predicted octanol–water partition coefficient (Wildman–Crippen LogP) is 1.60. The van der Waals surface area contributed by atoms with Gasteiger partial charge in [-0.2, -0.15) is 0 Å². The van der Waals surface area contributed by atoms with Crippen LogP contribution in [-0.4, -0.2) is 14.0 Å². The van der Waals surface area contributed by atoms with E-state index in [0.717, 1.165) is 12.2 Å². The maximum atomic E-state index is 5.14. The molecule has 0 spiro atoms. The molecule has 0 aliphatic heterocycles. The normalized spacial score (nSPS) is 9.00. The summed E-state index contributed by atoms with van der Waals surface area (Å²) in [5.74, 6) is 3.02. The Labute approximate surface area is 62.2 Å². The van der Waals surface area contributed by atoms with Crippen molar-refractivity contribution in [2.75, 3.05) is 7.11 Å². The van der Waals surface area contributed by atoms with Crippen LogP contribution in [0, 0.1) is 0 Å². The van der Waals surface area contributed by atoms with E-state index in [-0.39, 0.29) is 0 Å². The van der Waals surface area contributed by atoms with Gasteiger partial charge in [-0.25, -0.2) is 0 Å². The van der Waals surface area contributed by atoms with Gasteiger partial charge in [-0.3, -0.25) is 0 Å². The van der Waals surface area contributed by atoms with Gasteiger partial charge in [-0.05, 0) is 0 Å². The summed E-state index contributed by atoms with van der Waals surface area (Å²) in [5.41, 5.74) is 1.27. The standard InChI is InChI=1S/C8H11BO/c1-3-7-8(10-2)5-4-6-9-7/h4-6H,3H2,1-2H3. The molecule has 0 amide bonds. The molecule has 0 atom stereocenters. The average molecular weight is 134 g/mol. The Morgan fingerprint density at radius 1 is 1.60 bits per heavy atom. The molecule has 2 heteroatoms. The summed E-state index contributed by atoms with van der Waals surface area (Å²) in [6, 6.07) is 3.97. The van der Waals surface area contributed by atoms with Gasteiger partial charge >= 0.3 is 61.4 Å². The average Bonchev–Trinajstić information content (AvgIpc) is 2.04. The zero-order valence-electron chi connectivity index (χ0n) is 6.42.